The zero-order valence-corrected chi connectivity index (χ0v) is 8.28. The van der Waals surface area contributed by atoms with Crippen LogP contribution in [0.2, 0.25) is 0 Å². The average Bonchev–Trinajstić information content (AvgIpc) is 2.28. The number of rotatable bonds is 1. The Morgan fingerprint density at radius 2 is 2.20 bits per heavy atom. The van der Waals surface area contributed by atoms with Gasteiger partial charge in [-0.05, 0) is 11.6 Å². The second kappa shape index (κ2) is 5.47. The lowest BCUT2D eigenvalue weighted by Crippen LogP contribution is -1.95. The standard InChI is InChI=1S/C12H9NO2/c1-15-12(14)7-6-10-4-2-3-5-11(10)8-9-13/h2-5H,8H2,1H3. The zero-order valence-electron chi connectivity index (χ0n) is 8.28. The van der Waals surface area contributed by atoms with Crippen molar-refractivity contribution in [3.8, 4) is 17.9 Å². The van der Waals surface area contributed by atoms with Crippen molar-refractivity contribution in [1.82, 2.24) is 0 Å². The first kappa shape index (κ1) is 10.8. The molecule has 1 rings (SSSR count). The van der Waals surface area contributed by atoms with Gasteiger partial charge in [-0.25, -0.2) is 4.79 Å². The van der Waals surface area contributed by atoms with Crippen LogP contribution >= 0.6 is 0 Å². The number of esters is 1. The largest absolute Gasteiger partial charge is 0.459 e. The van der Waals surface area contributed by atoms with Crippen molar-refractivity contribution in [3.63, 3.8) is 0 Å². The van der Waals surface area contributed by atoms with E-state index in [0.717, 1.165) is 5.56 Å². The second-order valence-corrected chi connectivity index (χ2v) is 2.73. The topological polar surface area (TPSA) is 50.1 Å². The highest BCUT2D eigenvalue weighted by Crippen LogP contribution is 2.07. The molecule has 0 aliphatic heterocycles. The minimum absolute atomic E-state index is 0.284. The Morgan fingerprint density at radius 1 is 1.47 bits per heavy atom. The minimum Gasteiger partial charge on any atom is -0.459 e. The highest BCUT2D eigenvalue weighted by molar-refractivity contribution is 5.89. The van der Waals surface area contributed by atoms with Gasteiger partial charge in [0.25, 0.3) is 0 Å². The Labute approximate surface area is 88.3 Å². The van der Waals surface area contributed by atoms with E-state index in [9.17, 15) is 4.79 Å². The third-order valence-corrected chi connectivity index (χ3v) is 1.77. The Hall–Kier alpha value is -2.26. The van der Waals surface area contributed by atoms with Gasteiger partial charge in [0.05, 0.1) is 19.6 Å². The molecule has 0 radical (unpaired) electrons. The van der Waals surface area contributed by atoms with Crippen LogP contribution in [0.4, 0.5) is 0 Å². The van der Waals surface area contributed by atoms with Gasteiger partial charge in [-0.2, -0.15) is 5.26 Å². The number of hydrogen-bond donors (Lipinski definition) is 0. The molecule has 74 valence electrons. The van der Waals surface area contributed by atoms with E-state index in [2.05, 4.69) is 16.6 Å². The molecule has 0 heterocycles. The van der Waals surface area contributed by atoms with Crippen molar-refractivity contribution in [3.05, 3.63) is 35.4 Å². The van der Waals surface area contributed by atoms with Gasteiger partial charge in [-0.1, -0.05) is 24.1 Å². The summed E-state index contributed by atoms with van der Waals surface area (Å²) in [4.78, 5) is 10.8. The summed E-state index contributed by atoms with van der Waals surface area (Å²) >= 11 is 0. The molecule has 0 aliphatic carbocycles. The maximum absolute atomic E-state index is 10.8. The third-order valence-electron chi connectivity index (χ3n) is 1.77. The van der Waals surface area contributed by atoms with Gasteiger partial charge in [0, 0.05) is 11.5 Å². The summed E-state index contributed by atoms with van der Waals surface area (Å²) in [5.74, 6) is 4.42. The number of hydrogen-bond acceptors (Lipinski definition) is 3. The SMILES string of the molecule is COC(=O)C#Cc1ccccc1CC#N. The fourth-order valence-electron chi connectivity index (χ4n) is 1.05. The number of nitrogens with zero attached hydrogens (tertiary/aromatic N) is 1. The smallest absolute Gasteiger partial charge is 0.384 e. The third kappa shape index (κ3) is 3.17. The van der Waals surface area contributed by atoms with Gasteiger partial charge in [0.2, 0.25) is 0 Å². The number of carbonyl (C=O) groups excluding carboxylic acids is 1. The average molecular weight is 199 g/mol. The molecule has 15 heavy (non-hydrogen) atoms. The lowest BCUT2D eigenvalue weighted by atomic mass is 10.1. The van der Waals surface area contributed by atoms with Crippen LogP contribution in [0.15, 0.2) is 24.3 Å². The van der Waals surface area contributed by atoms with Crippen molar-refractivity contribution < 1.29 is 9.53 Å². The molecule has 1 aromatic rings. The van der Waals surface area contributed by atoms with E-state index in [1.54, 1.807) is 6.07 Å². The number of methoxy groups -OCH3 is 1. The summed E-state index contributed by atoms with van der Waals surface area (Å²) < 4.78 is 4.39. The van der Waals surface area contributed by atoms with Gasteiger partial charge in [0.1, 0.15) is 0 Å². The van der Waals surface area contributed by atoms with Crippen LogP contribution in [-0.4, -0.2) is 13.1 Å². The monoisotopic (exact) mass is 199 g/mol. The highest BCUT2D eigenvalue weighted by Gasteiger charge is 1.98. The van der Waals surface area contributed by atoms with Crippen LogP contribution in [0.25, 0.3) is 0 Å². The van der Waals surface area contributed by atoms with Crippen molar-refractivity contribution in [2.45, 2.75) is 6.42 Å². The summed E-state index contributed by atoms with van der Waals surface area (Å²) in [5, 5.41) is 8.58. The first-order chi connectivity index (χ1) is 7.27. The first-order valence-electron chi connectivity index (χ1n) is 4.32. The highest BCUT2D eigenvalue weighted by atomic mass is 16.5. The maximum atomic E-state index is 10.8. The van der Waals surface area contributed by atoms with E-state index < -0.39 is 5.97 Å². The first-order valence-corrected chi connectivity index (χ1v) is 4.32. The predicted octanol–water partition coefficient (Wildman–Crippen LogP) is 1.28. The van der Waals surface area contributed by atoms with E-state index in [1.165, 1.54) is 7.11 Å². The summed E-state index contributed by atoms with van der Waals surface area (Å²) in [5.41, 5.74) is 1.50. The Bertz CT molecular complexity index is 460. The molecule has 0 fully saturated rings. The van der Waals surface area contributed by atoms with Crippen LogP contribution in [-0.2, 0) is 16.0 Å². The van der Waals surface area contributed by atoms with Crippen LogP contribution in [0, 0.1) is 23.2 Å². The molecule has 0 bridgehead atoms. The lowest BCUT2D eigenvalue weighted by molar-refractivity contribution is -0.133. The van der Waals surface area contributed by atoms with Gasteiger partial charge < -0.3 is 4.74 Å². The van der Waals surface area contributed by atoms with Gasteiger partial charge in [-0.15, -0.1) is 0 Å². The van der Waals surface area contributed by atoms with Crippen LogP contribution in [0.3, 0.4) is 0 Å². The maximum Gasteiger partial charge on any atom is 0.384 e. The quantitative estimate of drug-likeness (QED) is 0.505. The summed E-state index contributed by atoms with van der Waals surface area (Å²) in [6, 6.07) is 9.26. The Morgan fingerprint density at radius 3 is 2.87 bits per heavy atom. The summed E-state index contributed by atoms with van der Waals surface area (Å²) in [7, 11) is 1.28. The van der Waals surface area contributed by atoms with Crippen LogP contribution < -0.4 is 0 Å². The fraction of sp³-hybridized carbons (Fsp3) is 0.167. The molecule has 0 unspecified atom stereocenters. The summed E-state index contributed by atoms with van der Waals surface area (Å²) in [6.07, 6.45) is 0.284. The molecule has 0 amide bonds. The molecule has 0 aliphatic rings. The number of carbonyl (C=O) groups is 1. The van der Waals surface area contributed by atoms with E-state index >= 15 is 0 Å². The molecule has 0 saturated carbocycles. The van der Waals surface area contributed by atoms with E-state index in [4.69, 9.17) is 5.26 Å². The number of ether oxygens (including phenoxy) is 1. The molecule has 1 aromatic carbocycles. The minimum atomic E-state index is -0.582. The molecule has 0 N–H and O–H groups in total. The van der Waals surface area contributed by atoms with E-state index in [0.29, 0.717) is 5.56 Å². The summed E-state index contributed by atoms with van der Waals surface area (Å²) in [6.45, 7) is 0. The molecule has 0 spiro atoms. The molecule has 3 nitrogen and oxygen atoms in total. The Kier molecular flexibility index (Phi) is 3.94. The molecular weight excluding hydrogens is 190 g/mol. The van der Waals surface area contributed by atoms with Crippen molar-refractivity contribution in [2.75, 3.05) is 7.11 Å². The number of benzene rings is 1. The van der Waals surface area contributed by atoms with Crippen molar-refractivity contribution >= 4 is 5.97 Å². The number of nitriles is 1. The van der Waals surface area contributed by atoms with E-state index in [1.807, 2.05) is 24.3 Å². The zero-order chi connectivity index (χ0) is 11.1. The molecule has 0 saturated heterocycles. The van der Waals surface area contributed by atoms with Crippen molar-refractivity contribution in [2.24, 2.45) is 0 Å². The predicted molar refractivity (Wildman–Crippen MR) is 54.7 cm³/mol. The second-order valence-electron chi connectivity index (χ2n) is 2.73. The van der Waals surface area contributed by atoms with Crippen LogP contribution in [0.1, 0.15) is 11.1 Å². The van der Waals surface area contributed by atoms with Crippen LogP contribution in [0.5, 0.6) is 0 Å². The molecular formula is C12H9NO2. The van der Waals surface area contributed by atoms with Crippen molar-refractivity contribution in [1.29, 1.82) is 5.26 Å². The molecule has 0 atom stereocenters. The van der Waals surface area contributed by atoms with E-state index in [-0.39, 0.29) is 6.42 Å². The lowest BCUT2D eigenvalue weighted by Gasteiger charge is -1.97. The molecule has 3 heteroatoms. The van der Waals surface area contributed by atoms with Gasteiger partial charge >= 0.3 is 5.97 Å². The van der Waals surface area contributed by atoms with Gasteiger partial charge in [0.15, 0.2) is 0 Å². The van der Waals surface area contributed by atoms with Gasteiger partial charge in [-0.3, -0.25) is 0 Å². The normalized spacial score (nSPS) is 8.27. The fourth-order valence-corrected chi connectivity index (χ4v) is 1.05. The molecule has 0 aromatic heterocycles. The Balaban J connectivity index is 2.97.